The first kappa shape index (κ1) is 23.7. The van der Waals surface area contributed by atoms with E-state index in [1.807, 2.05) is 12.1 Å². The van der Waals surface area contributed by atoms with Crippen LogP contribution < -0.4 is 15.5 Å². The Balaban J connectivity index is 1.69. The van der Waals surface area contributed by atoms with Gasteiger partial charge in [-0.3, -0.25) is 4.79 Å². The Bertz CT molecular complexity index is 754. The largest absolute Gasteiger partial charge is 0.369 e. The molecule has 31 heavy (non-hydrogen) atoms. The van der Waals surface area contributed by atoms with E-state index in [1.165, 1.54) is 5.69 Å². The Morgan fingerprint density at radius 1 is 1.16 bits per heavy atom. The molecule has 0 bridgehead atoms. The topological polar surface area (TPSA) is 63.2 Å². The van der Waals surface area contributed by atoms with Crippen LogP contribution in [0.25, 0.3) is 0 Å². The maximum absolute atomic E-state index is 11.7. The second-order valence-electron chi connectivity index (χ2n) is 8.51. The van der Waals surface area contributed by atoms with E-state index < -0.39 is 0 Å². The summed E-state index contributed by atoms with van der Waals surface area (Å²) in [4.78, 5) is 23.8. The molecule has 1 aromatic rings. The number of piperazine rings is 1. The van der Waals surface area contributed by atoms with E-state index in [0.29, 0.717) is 18.9 Å². The number of carbonyl (C=O) groups is 1. The van der Waals surface area contributed by atoms with Crippen LogP contribution in [0, 0.1) is 5.92 Å². The van der Waals surface area contributed by atoms with Gasteiger partial charge in [-0.25, -0.2) is 4.99 Å². The molecule has 8 heteroatoms. The molecule has 1 amide bonds. The zero-order valence-corrected chi connectivity index (χ0v) is 19.9. The third kappa shape index (κ3) is 6.50. The maximum Gasteiger partial charge on any atom is 0.220 e. The molecule has 2 fully saturated rings. The number of halogens is 1. The molecule has 172 valence electrons. The molecule has 2 aliphatic rings. The highest BCUT2D eigenvalue weighted by Gasteiger charge is 2.24. The minimum absolute atomic E-state index is 0.133. The summed E-state index contributed by atoms with van der Waals surface area (Å²) in [5.74, 6) is 1.52. The number of nitrogens with zero attached hydrogens (tertiary/aromatic N) is 4. The van der Waals surface area contributed by atoms with Gasteiger partial charge in [-0.05, 0) is 44.9 Å². The third-order valence-corrected chi connectivity index (χ3v) is 6.68. The molecule has 0 aliphatic carbocycles. The number of hydrogen-bond donors (Lipinski definition) is 2. The summed E-state index contributed by atoms with van der Waals surface area (Å²) in [6.07, 6.45) is 2.64. The van der Waals surface area contributed by atoms with Gasteiger partial charge in [-0.2, -0.15) is 0 Å². The predicted molar refractivity (Wildman–Crippen MR) is 129 cm³/mol. The van der Waals surface area contributed by atoms with Crippen LogP contribution in [0.1, 0.15) is 31.7 Å². The zero-order chi connectivity index (χ0) is 22.2. The number of hydrogen-bond acceptors (Lipinski definition) is 4. The summed E-state index contributed by atoms with van der Waals surface area (Å²) in [7, 11) is 3.87. The van der Waals surface area contributed by atoms with Gasteiger partial charge in [0.15, 0.2) is 5.96 Å². The summed E-state index contributed by atoms with van der Waals surface area (Å²) < 4.78 is 0. The van der Waals surface area contributed by atoms with Gasteiger partial charge >= 0.3 is 0 Å². The SMILES string of the molecule is CCNC(=NCc1c(Cl)cccc1N1CCN(C)CC1)N1CCC(CC(=O)NC)CC1. The lowest BCUT2D eigenvalue weighted by atomic mass is 9.93. The molecule has 0 saturated carbocycles. The van der Waals surface area contributed by atoms with Gasteiger partial charge in [0, 0.05) is 75.6 Å². The van der Waals surface area contributed by atoms with Gasteiger partial charge in [-0.1, -0.05) is 17.7 Å². The van der Waals surface area contributed by atoms with E-state index in [-0.39, 0.29) is 5.91 Å². The van der Waals surface area contributed by atoms with Crippen molar-refractivity contribution in [2.75, 3.05) is 64.8 Å². The number of amides is 1. The van der Waals surface area contributed by atoms with Crippen molar-refractivity contribution in [3.63, 3.8) is 0 Å². The summed E-state index contributed by atoms with van der Waals surface area (Å²) in [6, 6.07) is 6.16. The van der Waals surface area contributed by atoms with Crippen LogP contribution in [0.15, 0.2) is 23.2 Å². The van der Waals surface area contributed by atoms with Crippen molar-refractivity contribution < 1.29 is 4.79 Å². The average Bonchev–Trinajstić information content (AvgIpc) is 2.78. The van der Waals surface area contributed by atoms with Gasteiger partial charge in [0.25, 0.3) is 0 Å². The van der Waals surface area contributed by atoms with E-state index >= 15 is 0 Å². The van der Waals surface area contributed by atoms with Crippen molar-refractivity contribution >= 4 is 29.2 Å². The molecule has 0 radical (unpaired) electrons. The van der Waals surface area contributed by atoms with E-state index in [2.05, 4.69) is 45.4 Å². The fourth-order valence-corrected chi connectivity index (χ4v) is 4.57. The second-order valence-corrected chi connectivity index (χ2v) is 8.91. The highest BCUT2D eigenvalue weighted by atomic mass is 35.5. The van der Waals surface area contributed by atoms with Crippen LogP contribution in [-0.2, 0) is 11.3 Å². The van der Waals surface area contributed by atoms with Gasteiger partial charge in [0.1, 0.15) is 0 Å². The van der Waals surface area contributed by atoms with Crippen LogP contribution in [0.2, 0.25) is 5.02 Å². The number of benzene rings is 1. The minimum atomic E-state index is 0.133. The maximum atomic E-state index is 11.7. The molecule has 0 aromatic heterocycles. The number of piperidine rings is 1. The Labute approximate surface area is 191 Å². The van der Waals surface area contributed by atoms with Crippen LogP contribution in [-0.4, -0.2) is 81.6 Å². The zero-order valence-electron chi connectivity index (χ0n) is 19.2. The highest BCUT2D eigenvalue weighted by molar-refractivity contribution is 6.31. The lowest BCUT2D eigenvalue weighted by Gasteiger charge is -2.35. The van der Waals surface area contributed by atoms with Crippen molar-refractivity contribution in [1.29, 1.82) is 0 Å². The predicted octanol–water partition coefficient (Wildman–Crippen LogP) is 2.41. The van der Waals surface area contributed by atoms with Crippen LogP contribution in [0.3, 0.4) is 0 Å². The number of likely N-dealkylation sites (N-methyl/N-ethyl adjacent to an activating group) is 1. The molecule has 1 aromatic carbocycles. The van der Waals surface area contributed by atoms with Crippen molar-refractivity contribution in [2.24, 2.45) is 10.9 Å². The molecule has 2 heterocycles. The van der Waals surface area contributed by atoms with E-state index in [1.54, 1.807) is 7.05 Å². The minimum Gasteiger partial charge on any atom is -0.369 e. The average molecular weight is 449 g/mol. The first-order valence-corrected chi connectivity index (χ1v) is 11.8. The van der Waals surface area contributed by atoms with Gasteiger partial charge in [0.2, 0.25) is 5.91 Å². The van der Waals surface area contributed by atoms with Crippen LogP contribution in [0.4, 0.5) is 5.69 Å². The molecule has 2 N–H and O–H groups in total. The van der Waals surface area contributed by atoms with E-state index in [4.69, 9.17) is 16.6 Å². The molecule has 3 rings (SSSR count). The molecule has 2 aliphatic heterocycles. The van der Waals surface area contributed by atoms with E-state index in [9.17, 15) is 4.79 Å². The van der Waals surface area contributed by atoms with E-state index in [0.717, 1.165) is 75.2 Å². The first-order valence-electron chi connectivity index (χ1n) is 11.5. The van der Waals surface area contributed by atoms with Crippen LogP contribution >= 0.6 is 11.6 Å². The fraction of sp³-hybridized carbons (Fsp3) is 0.652. The first-order chi connectivity index (χ1) is 15.0. The number of guanidine groups is 1. The van der Waals surface area contributed by atoms with Crippen LogP contribution in [0.5, 0.6) is 0 Å². The molecule has 0 unspecified atom stereocenters. The monoisotopic (exact) mass is 448 g/mol. The van der Waals surface area contributed by atoms with Gasteiger partial charge < -0.3 is 25.3 Å². The summed E-state index contributed by atoms with van der Waals surface area (Å²) >= 11 is 6.63. The number of carbonyl (C=O) groups excluding carboxylic acids is 1. The smallest absolute Gasteiger partial charge is 0.220 e. The Kier molecular flexibility index (Phi) is 8.84. The molecule has 2 saturated heterocycles. The van der Waals surface area contributed by atoms with Gasteiger partial charge in [0.05, 0.1) is 6.54 Å². The quantitative estimate of drug-likeness (QED) is 0.517. The Hall–Kier alpha value is -1.99. The number of anilines is 1. The normalized spacial score (nSPS) is 18.9. The van der Waals surface area contributed by atoms with Crippen molar-refractivity contribution in [2.45, 2.75) is 32.7 Å². The molecule has 0 atom stereocenters. The second kappa shape index (κ2) is 11.6. The van der Waals surface area contributed by atoms with Crippen molar-refractivity contribution in [3.8, 4) is 0 Å². The van der Waals surface area contributed by atoms with Crippen molar-refractivity contribution in [1.82, 2.24) is 20.4 Å². The highest BCUT2D eigenvalue weighted by Crippen LogP contribution is 2.29. The number of likely N-dealkylation sites (tertiary alicyclic amines) is 1. The Morgan fingerprint density at radius 2 is 1.87 bits per heavy atom. The standard InChI is InChI=1S/C23H37ClN6O/c1-4-26-23(30-10-8-18(9-11-30)16-22(31)25-2)27-17-19-20(24)6-5-7-21(19)29-14-12-28(3)13-15-29/h5-7,18H,4,8-17H2,1-3H3,(H,25,31)(H,26,27). The molecular weight excluding hydrogens is 412 g/mol. The number of aliphatic imine (C=N–C) groups is 1. The summed E-state index contributed by atoms with van der Waals surface area (Å²) in [6.45, 7) is 9.44. The molecule has 0 spiro atoms. The summed E-state index contributed by atoms with van der Waals surface area (Å²) in [5, 5.41) is 6.96. The summed E-state index contributed by atoms with van der Waals surface area (Å²) in [5.41, 5.74) is 2.29. The lowest BCUT2D eigenvalue weighted by molar-refractivity contribution is -0.121. The molecular formula is C23H37ClN6O. The Morgan fingerprint density at radius 3 is 2.52 bits per heavy atom. The number of nitrogens with one attached hydrogen (secondary N) is 2. The third-order valence-electron chi connectivity index (χ3n) is 6.33. The van der Waals surface area contributed by atoms with Crippen molar-refractivity contribution in [3.05, 3.63) is 28.8 Å². The molecule has 7 nitrogen and oxygen atoms in total. The lowest BCUT2D eigenvalue weighted by Crippen LogP contribution is -2.46. The number of rotatable bonds is 6. The fourth-order valence-electron chi connectivity index (χ4n) is 4.34. The van der Waals surface area contributed by atoms with Gasteiger partial charge in [-0.15, -0.1) is 0 Å².